The number of anilines is 1. The first kappa shape index (κ1) is 13.4. The van der Waals surface area contributed by atoms with Gasteiger partial charge in [0.15, 0.2) is 0 Å². The zero-order chi connectivity index (χ0) is 14.0. The second-order valence-corrected chi connectivity index (χ2v) is 5.30. The lowest BCUT2D eigenvalue weighted by Crippen LogP contribution is -2.39. The number of hydrogen-bond donors (Lipinski definition) is 2. The average molecular weight is 260 g/mol. The van der Waals surface area contributed by atoms with Gasteiger partial charge >= 0.3 is 0 Å². The van der Waals surface area contributed by atoms with Gasteiger partial charge in [-0.1, -0.05) is 12.1 Å². The number of amides is 1. The SMILES string of the molecule is CNC(=O)C(C)(C)CNc1nc2ccccc2n1C. The third kappa shape index (κ3) is 2.54. The molecule has 2 rings (SSSR count). The standard InChI is InChI=1S/C14H20N4O/c1-14(2,12(19)15-3)9-16-13-17-10-7-5-6-8-11(10)18(13)4/h5-8H,9H2,1-4H3,(H,15,19)(H,16,17). The van der Waals surface area contributed by atoms with Crippen LogP contribution in [0.5, 0.6) is 0 Å². The molecule has 0 unspecified atom stereocenters. The van der Waals surface area contributed by atoms with Gasteiger partial charge in [-0.2, -0.15) is 0 Å². The van der Waals surface area contributed by atoms with Gasteiger partial charge in [-0.05, 0) is 26.0 Å². The molecule has 2 aromatic rings. The lowest BCUT2D eigenvalue weighted by atomic mass is 9.92. The Hall–Kier alpha value is -2.04. The van der Waals surface area contributed by atoms with Crippen molar-refractivity contribution in [2.45, 2.75) is 13.8 Å². The molecule has 0 aliphatic rings. The van der Waals surface area contributed by atoms with Gasteiger partial charge in [-0.25, -0.2) is 4.98 Å². The molecule has 1 aromatic heterocycles. The maximum atomic E-state index is 11.7. The summed E-state index contributed by atoms with van der Waals surface area (Å²) in [4.78, 5) is 16.3. The van der Waals surface area contributed by atoms with Crippen molar-refractivity contribution in [2.24, 2.45) is 12.5 Å². The molecule has 0 fully saturated rings. The van der Waals surface area contributed by atoms with Gasteiger partial charge in [0.05, 0.1) is 16.4 Å². The van der Waals surface area contributed by atoms with Gasteiger partial charge in [-0.3, -0.25) is 4.79 Å². The Morgan fingerprint density at radius 2 is 2.05 bits per heavy atom. The Labute approximate surface area is 113 Å². The highest BCUT2D eigenvalue weighted by Gasteiger charge is 2.26. The Bertz CT molecular complexity index is 601. The molecule has 0 aliphatic heterocycles. The van der Waals surface area contributed by atoms with Crippen LogP contribution in [-0.4, -0.2) is 29.1 Å². The van der Waals surface area contributed by atoms with Crippen LogP contribution in [0.25, 0.3) is 11.0 Å². The highest BCUT2D eigenvalue weighted by atomic mass is 16.2. The van der Waals surface area contributed by atoms with E-state index in [4.69, 9.17) is 0 Å². The Balaban J connectivity index is 2.18. The molecular weight excluding hydrogens is 240 g/mol. The van der Waals surface area contributed by atoms with Crippen LogP contribution >= 0.6 is 0 Å². The summed E-state index contributed by atoms with van der Waals surface area (Å²) in [7, 11) is 3.61. The predicted octanol–water partition coefficient (Wildman–Crippen LogP) is 1.76. The first-order valence-corrected chi connectivity index (χ1v) is 6.33. The molecule has 1 amide bonds. The van der Waals surface area contributed by atoms with Gasteiger partial charge in [-0.15, -0.1) is 0 Å². The average Bonchev–Trinajstić information content (AvgIpc) is 2.73. The number of carbonyl (C=O) groups is 1. The van der Waals surface area contributed by atoms with Crippen molar-refractivity contribution in [1.82, 2.24) is 14.9 Å². The van der Waals surface area contributed by atoms with Gasteiger partial charge < -0.3 is 15.2 Å². The normalized spacial score (nSPS) is 11.6. The van der Waals surface area contributed by atoms with E-state index in [1.54, 1.807) is 7.05 Å². The number of nitrogens with one attached hydrogen (secondary N) is 2. The van der Waals surface area contributed by atoms with E-state index in [0.29, 0.717) is 6.54 Å². The number of carbonyl (C=O) groups excluding carboxylic acids is 1. The Kier molecular flexibility index (Phi) is 3.46. The lowest BCUT2D eigenvalue weighted by Gasteiger charge is -2.23. The van der Waals surface area contributed by atoms with Crippen LogP contribution < -0.4 is 10.6 Å². The molecule has 102 valence electrons. The summed E-state index contributed by atoms with van der Waals surface area (Å²) < 4.78 is 2.00. The van der Waals surface area contributed by atoms with E-state index in [0.717, 1.165) is 17.0 Å². The van der Waals surface area contributed by atoms with Crippen molar-refractivity contribution in [2.75, 3.05) is 18.9 Å². The highest BCUT2D eigenvalue weighted by molar-refractivity contribution is 5.82. The van der Waals surface area contributed by atoms with E-state index in [-0.39, 0.29) is 5.91 Å². The highest BCUT2D eigenvalue weighted by Crippen LogP contribution is 2.20. The van der Waals surface area contributed by atoms with Crippen LogP contribution in [0.3, 0.4) is 0 Å². The van der Waals surface area contributed by atoms with E-state index in [1.807, 2.05) is 49.7 Å². The van der Waals surface area contributed by atoms with Gasteiger partial charge in [0.25, 0.3) is 0 Å². The van der Waals surface area contributed by atoms with Crippen molar-refractivity contribution >= 4 is 22.9 Å². The van der Waals surface area contributed by atoms with E-state index >= 15 is 0 Å². The first-order chi connectivity index (χ1) is 8.95. The fourth-order valence-corrected chi connectivity index (χ4v) is 2.02. The summed E-state index contributed by atoms with van der Waals surface area (Å²) in [5, 5.41) is 5.93. The van der Waals surface area contributed by atoms with E-state index < -0.39 is 5.41 Å². The van der Waals surface area contributed by atoms with E-state index in [1.165, 1.54) is 0 Å². The minimum absolute atomic E-state index is 0.0127. The van der Waals surface area contributed by atoms with E-state index in [9.17, 15) is 4.79 Å². The van der Waals surface area contributed by atoms with Gasteiger partial charge in [0, 0.05) is 20.6 Å². The minimum Gasteiger partial charge on any atom is -0.359 e. The number of para-hydroxylation sites is 2. The topological polar surface area (TPSA) is 59.0 Å². The number of fused-ring (bicyclic) bond motifs is 1. The molecular formula is C14H20N4O. The molecule has 0 atom stereocenters. The summed E-state index contributed by atoms with van der Waals surface area (Å²) in [5.41, 5.74) is 1.54. The first-order valence-electron chi connectivity index (χ1n) is 6.33. The molecule has 1 aromatic carbocycles. The number of benzene rings is 1. The maximum Gasteiger partial charge on any atom is 0.227 e. The number of aromatic nitrogens is 2. The summed E-state index contributed by atoms with van der Waals surface area (Å²) in [6.07, 6.45) is 0. The summed E-state index contributed by atoms with van der Waals surface area (Å²) >= 11 is 0. The van der Waals surface area contributed by atoms with Crippen LogP contribution in [0, 0.1) is 5.41 Å². The Morgan fingerprint density at radius 1 is 1.37 bits per heavy atom. The molecule has 0 aliphatic carbocycles. The smallest absolute Gasteiger partial charge is 0.227 e. The number of hydrogen-bond acceptors (Lipinski definition) is 3. The third-order valence-electron chi connectivity index (χ3n) is 3.32. The molecule has 0 saturated carbocycles. The van der Waals surface area contributed by atoms with Crippen LogP contribution in [0.1, 0.15) is 13.8 Å². The van der Waals surface area contributed by atoms with Crippen LogP contribution in [0.15, 0.2) is 24.3 Å². The van der Waals surface area contributed by atoms with Gasteiger partial charge in [0.1, 0.15) is 0 Å². The summed E-state index contributed by atoms with van der Waals surface area (Å²) in [6.45, 7) is 4.34. The fraction of sp³-hybridized carbons (Fsp3) is 0.429. The van der Waals surface area contributed by atoms with Crippen LogP contribution in [0.2, 0.25) is 0 Å². The molecule has 5 heteroatoms. The predicted molar refractivity (Wildman–Crippen MR) is 77.1 cm³/mol. The molecule has 1 heterocycles. The number of rotatable bonds is 4. The molecule has 0 spiro atoms. The quantitative estimate of drug-likeness (QED) is 0.880. The second kappa shape index (κ2) is 4.91. The molecule has 2 N–H and O–H groups in total. The largest absolute Gasteiger partial charge is 0.359 e. The second-order valence-electron chi connectivity index (χ2n) is 5.30. The minimum atomic E-state index is -0.479. The zero-order valence-corrected chi connectivity index (χ0v) is 11.8. The fourth-order valence-electron chi connectivity index (χ4n) is 2.02. The molecule has 0 saturated heterocycles. The third-order valence-corrected chi connectivity index (χ3v) is 3.32. The summed E-state index contributed by atoms with van der Waals surface area (Å²) in [5.74, 6) is 0.789. The monoisotopic (exact) mass is 260 g/mol. The van der Waals surface area contributed by atoms with Crippen molar-refractivity contribution in [3.8, 4) is 0 Å². The maximum absolute atomic E-state index is 11.7. The van der Waals surface area contributed by atoms with Crippen molar-refractivity contribution in [3.05, 3.63) is 24.3 Å². The number of nitrogens with zero attached hydrogens (tertiary/aromatic N) is 2. The van der Waals surface area contributed by atoms with Gasteiger partial charge in [0.2, 0.25) is 11.9 Å². The number of imidazole rings is 1. The van der Waals surface area contributed by atoms with Crippen LogP contribution in [0.4, 0.5) is 5.95 Å². The zero-order valence-electron chi connectivity index (χ0n) is 11.8. The van der Waals surface area contributed by atoms with Crippen LogP contribution in [-0.2, 0) is 11.8 Å². The number of aryl methyl sites for hydroxylation is 1. The van der Waals surface area contributed by atoms with Crippen molar-refractivity contribution in [3.63, 3.8) is 0 Å². The lowest BCUT2D eigenvalue weighted by molar-refractivity contribution is -0.128. The van der Waals surface area contributed by atoms with Crippen molar-refractivity contribution in [1.29, 1.82) is 0 Å². The van der Waals surface area contributed by atoms with E-state index in [2.05, 4.69) is 15.6 Å². The summed E-state index contributed by atoms with van der Waals surface area (Å²) in [6, 6.07) is 7.96. The molecule has 0 radical (unpaired) electrons. The Morgan fingerprint density at radius 3 is 2.68 bits per heavy atom. The molecule has 19 heavy (non-hydrogen) atoms. The molecule has 5 nitrogen and oxygen atoms in total. The molecule has 0 bridgehead atoms. The van der Waals surface area contributed by atoms with Crippen molar-refractivity contribution < 1.29 is 4.79 Å².